The molecular weight excluding hydrogens is 652 g/mol. The molecule has 47 heavy (non-hydrogen) atoms. The second-order valence-corrected chi connectivity index (χ2v) is 9.12. The van der Waals surface area contributed by atoms with E-state index in [9.17, 15) is 19.8 Å². The summed E-state index contributed by atoms with van der Waals surface area (Å²) < 4.78 is 20.1. The normalized spacial score (nSPS) is 13.5. The maximum Gasteiger partial charge on any atom is 2.00 e. The van der Waals surface area contributed by atoms with Gasteiger partial charge in [-0.3, -0.25) is 0 Å². The number of methoxy groups -OCH3 is 4. The molecule has 0 saturated carbocycles. The molecule has 248 valence electrons. The number of aliphatic imine (C=N–C) groups is 2. The van der Waals surface area contributed by atoms with Crippen LogP contribution in [0.25, 0.3) is 0 Å². The number of ether oxygens (including phenoxy) is 4. The standard InChI is InChI=1S/2C13H17N5O5.Ca/c2*1-17(2)9-5-6-18(10(15-9)12(19)20)23-13-14-7-8(21-3)11(16-13)22-4;/h2*5,7H,6H2,1-4H3,(H,19,20);/q;;+2/p-2. The topological polar surface area (TPSA) is 225 Å². The van der Waals surface area contributed by atoms with Gasteiger partial charge in [0.25, 0.3) is 11.8 Å². The number of amidine groups is 2. The van der Waals surface area contributed by atoms with Crippen molar-refractivity contribution in [2.24, 2.45) is 9.98 Å². The fourth-order valence-electron chi connectivity index (χ4n) is 3.48. The SMILES string of the molecule is COc1cnc(ON2CC=C(N(C)C)N=C2C(=O)[O-])nc1OC.COc1cnc(ON2CC=C(N(C)C)N=C2C(=O)[O-])nc1OC.[Ca+2]. The number of carboxylic acids is 2. The average Bonchev–Trinajstić information content (AvgIpc) is 3.04. The van der Waals surface area contributed by atoms with E-state index >= 15 is 0 Å². The molecule has 0 N–H and O–H groups in total. The Morgan fingerprint density at radius 2 is 1.04 bits per heavy atom. The molecule has 2 aromatic heterocycles. The number of aliphatic carboxylic acids is 2. The third-order valence-corrected chi connectivity index (χ3v) is 5.68. The van der Waals surface area contributed by atoms with Crippen molar-refractivity contribution < 1.29 is 48.4 Å². The molecule has 0 fully saturated rings. The van der Waals surface area contributed by atoms with Crippen molar-refractivity contribution in [3.05, 3.63) is 36.2 Å². The Bertz CT molecular complexity index is 1440. The second kappa shape index (κ2) is 17.8. The molecule has 2 aliphatic rings. The van der Waals surface area contributed by atoms with Crippen LogP contribution >= 0.6 is 0 Å². The van der Waals surface area contributed by atoms with E-state index in [0.29, 0.717) is 23.1 Å². The zero-order valence-electron chi connectivity index (χ0n) is 27.0. The zero-order chi connectivity index (χ0) is 34.0. The monoisotopic (exact) mass is 684 g/mol. The average molecular weight is 685 g/mol. The number of carboxylic acid groups (broad SMARTS) is 2. The summed E-state index contributed by atoms with van der Waals surface area (Å²) in [7, 11) is 12.7. The van der Waals surface area contributed by atoms with Crippen LogP contribution in [-0.2, 0) is 9.59 Å². The summed E-state index contributed by atoms with van der Waals surface area (Å²) in [5, 5.41) is 24.5. The van der Waals surface area contributed by atoms with Crippen LogP contribution in [0.2, 0.25) is 0 Å². The Labute approximate surface area is 299 Å². The molecule has 0 bridgehead atoms. The molecule has 0 atom stereocenters. The van der Waals surface area contributed by atoms with Crippen molar-refractivity contribution >= 4 is 61.3 Å². The molecule has 0 aliphatic carbocycles. The number of carbonyl (C=O) groups excluding carboxylic acids is 2. The minimum Gasteiger partial charge on any atom is -0.541 e. The molecule has 0 amide bonds. The van der Waals surface area contributed by atoms with Gasteiger partial charge in [-0.25, -0.2) is 9.98 Å². The van der Waals surface area contributed by atoms with Crippen LogP contribution in [0.15, 0.2) is 46.2 Å². The van der Waals surface area contributed by atoms with E-state index in [1.165, 1.54) is 40.8 Å². The van der Waals surface area contributed by atoms with Gasteiger partial charge in [0, 0.05) is 28.2 Å². The van der Waals surface area contributed by atoms with Crippen molar-refractivity contribution in [2.75, 3.05) is 69.7 Å². The maximum atomic E-state index is 11.3. The zero-order valence-corrected chi connectivity index (χ0v) is 29.2. The van der Waals surface area contributed by atoms with Gasteiger partial charge in [-0.1, -0.05) is 0 Å². The van der Waals surface area contributed by atoms with Crippen molar-refractivity contribution in [1.82, 2.24) is 39.9 Å². The number of nitrogens with zero attached hydrogens (tertiary/aromatic N) is 10. The number of carbonyl (C=O) groups is 2. The summed E-state index contributed by atoms with van der Waals surface area (Å²) in [5.41, 5.74) is 0. The van der Waals surface area contributed by atoms with Gasteiger partial charge in [-0.15, -0.1) is 0 Å². The van der Waals surface area contributed by atoms with Gasteiger partial charge in [-0.2, -0.15) is 30.1 Å². The Hall–Kier alpha value is -4.82. The summed E-state index contributed by atoms with van der Waals surface area (Å²) in [5.74, 6) is -1.78. The molecule has 20 nitrogen and oxygen atoms in total. The van der Waals surface area contributed by atoms with Gasteiger partial charge in [-0.05, 0) is 12.2 Å². The summed E-state index contributed by atoms with van der Waals surface area (Å²) in [6, 6.07) is -0.225. The molecule has 2 aromatic rings. The van der Waals surface area contributed by atoms with E-state index in [1.807, 2.05) is 0 Å². The van der Waals surface area contributed by atoms with Crippen molar-refractivity contribution in [1.29, 1.82) is 0 Å². The first-order chi connectivity index (χ1) is 21.9. The van der Waals surface area contributed by atoms with E-state index < -0.39 is 11.9 Å². The number of hydroxylamine groups is 4. The molecule has 0 aromatic carbocycles. The van der Waals surface area contributed by atoms with Gasteiger partial charge in [0.2, 0.25) is 0 Å². The maximum absolute atomic E-state index is 11.3. The molecule has 0 spiro atoms. The van der Waals surface area contributed by atoms with E-state index in [0.717, 1.165) is 10.1 Å². The van der Waals surface area contributed by atoms with Gasteiger partial charge in [0.1, 0.15) is 23.6 Å². The summed E-state index contributed by atoms with van der Waals surface area (Å²) in [6.07, 6.45) is 6.07. The summed E-state index contributed by atoms with van der Waals surface area (Å²) in [6.45, 7) is 0.274. The molecule has 4 heterocycles. The molecule has 0 unspecified atom stereocenters. The van der Waals surface area contributed by atoms with Gasteiger partial charge < -0.3 is 58.2 Å². The van der Waals surface area contributed by atoms with Crippen LogP contribution in [-0.4, -0.2) is 171 Å². The van der Waals surface area contributed by atoms with E-state index in [1.54, 1.807) is 50.1 Å². The smallest absolute Gasteiger partial charge is 0.541 e. The van der Waals surface area contributed by atoms with Crippen molar-refractivity contribution in [2.45, 2.75) is 0 Å². The second-order valence-electron chi connectivity index (χ2n) is 9.12. The first kappa shape index (κ1) is 38.4. The van der Waals surface area contributed by atoms with E-state index in [-0.39, 0.29) is 86.3 Å². The van der Waals surface area contributed by atoms with Crippen LogP contribution in [0.5, 0.6) is 35.3 Å². The number of rotatable bonds is 12. The molecule has 2 aliphatic heterocycles. The summed E-state index contributed by atoms with van der Waals surface area (Å²) in [4.78, 5) is 60.3. The Kier molecular flexibility index (Phi) is 14.5. The van der Waals surface area contributed by atoms with E-state index in [4.69, 9.17) is 28.6 Å². The predicted octanol–water partition coefficient (Wildman–Crippen LogP) is -3.07. The number of hydrogen-bond acceptors (Lipinski definition) is 20. The third-order valence-electron chi connectivity index (χ3n) is 5.68. The minimum atomic E-state index is -1.47. The first-order valence-corrected chi connectivity index (χ1v) is 13.1. The van der Waals surface area contributed by atoms with Gasteiger partial charge in [0.05, 0.1) is 53.9 Å². The van der Waals surface area contributed by atoms with Crippen molar-refractivity contribution in [3.8, 4) is 35.3 Å². The van der Waals surface area contributed by atoms with E-state index in [2.05, 4.69) is 29.9 Å². The van der Waals surface area contributed by atoms with Crippen LogP contribution < -0.4 is 38.8 Å². The molecule has 21 heteroatoms. The fourth-order valence-corrected chi connectivity index (χ4v) is 3.48. The quantitative estimate of drug-likeness (QED) is 0.202. The number of hydrogen-bond donors (Lipinski definition) is 0. The van der Waals surface area contributed by atoms with Gasteiger partial charge in [0.15, 0.2) is 23.2 Å². The molecule has 4 rings (SSSR count). The van der Waals surface area contributed by atoms with Crippen molar-refractivity contribution in [3.63, 3.8) is 0 Å². The Morgan fingerprint density at radius 3 is 1.32 bits per heavy atom. The van der Waals surface area contributed by atoms with Crippen LogP contribution in [0, 0.1) is 0 Å². The predicted molar refractivity (Wildman–Crippen MR) is 159 cm³/mol. The molecular formula is C26H32CaN10O10. The Morgan fingerprint density at radius 1 is 0.681 bits per heavy atom. The van der Waals surface area contributed by atoms with Gasteiger partial charge >= 0.3 is 49.8 Å². The minimum absolute atomic E-state index is 0. The Balaban J connectivity index is 0.000000320. The molecule has 0 saturated heterocycles. The van der Waals surface area contributed by atoms with Crippen LogP contribution in [0.4, 0.5) is 0 Å². The van der Waals surface area contributed by atoms with Crippen LogP contribution in [0.1, 0.15) is 0 Å². The largest absolute Gasteiger partial charge is 2.00 e. The summed E-state index contributed by atoms with van der Waals surface area (Å²) >= 11 is 0. The third kappa shape index (κ3) is 10.1. The molecule has 0 radical (unpaired) electrons. The number of aromatic nitrogens is 4. The fraction of sp³-hybridized carbons (Fsp3) is 0.385. The first-order valence-electron chi connectivity index (χ1n) is 13.1. The van der Waals surface area contributed by atoms with Crippen LogP contribution in [0.3, 0.4) is 0 Å².